The van der Waals surface area contributed by atoms with Crippen molar-refractivity contribution in [2.75, 3.05) is 10.6 Å². The predicted molar refractivity (Wildman–Crippen MR) is 94.7 cm³/mol. The van der Waals surface area contributed by atoms with Crippen molar-refractivity contribution in [2.45, 2.75) is 13.1 Å². The molecule has 6 nitrogen and oxygen atoms in total. The molecule has 0 unspecified atom stereocenters. The average molecular weight is 398 g/mol. The third-order valence-electron chi connectivity index (χ3n) is 3.46. The third-order valence-corrected chi connectivity index (χ3v) is 4.14. The summed E-state index contributed by atoms with van der Waals surface area (Å²) < 4.78 is 40.3. The smallest absolute Gasteiger partial charge is 0.417 e. The fourth-order valence-corrected chi connectivity index (χ4v) is 2.84. The molecule has 2 amide bonds. The molecule has 0 radical (unpaired) electrons. The molecule has 0 aliphatic rings. The molecule has 27 heavy (non-hydrogen) atoms. The summed E-state index contributed by atoms with van der Waals surface area (Å²) in [7, 11) is 0. The molecule has 10 heteroatoms. The van der Waals surface area contributed by atoms with Crippen LogP contribution >= 0.6 is 11.3 Å². The van der Waals surface area contributed by atoms with Gasteiger partial charge in [-0.25, -0.2) is 4.79 Å². The lowest BCUT2D eigenvalue weighted by molar-refractivity contribution is -0.138. The lowest BCUT2D eigenvalue weighted by atomic mass is 9.97. The lowest BCUT2D eigenvalue weighted by Crippen LogP contribution is -2.21. The Bertz CT molecular complexity index is 906. The monoisotopic (exact) mass is 398 g/mol. The predicted octanol–water partition coefficient (Wildman–Crippen LogP) is 4.08. The Morgan fingerprint density at radius 1 is 1.22 bits per heavy atom. The van der Waals surface area contributed by atoms with Crippen LogP contribution in [0.2, 0.25) is 0 Å². The molecule has 0 fully saturated rings. The molecule has 3 N–H and O–H groups in total. The molecule has 1 aromatic heterocycles. The van der Waals surface area contributed by atoms with Crippen LogP contribution in [0.1, 0.15) is 28.4 Å². The SMILES string of the molecule is C/C(=C\c1ccc(C(F)(F)F)c(C(=O)Nc2ccsc2)c1NC=O)C(=O)O. The molecule has 0 saturated carbocycles. The number of benzene rings is 1. The number of alkyl halides is 3. The summed E-state index contributed by atoms with van der Waals surface area (Å²) in [5.41, 5.74) is -2.46. The Morgan fingerprint density at radius 2 is 1.93 bits per heavy atom. The molecule has 0 atom stereocenters. The fraction of sp³-hybridized carbons (Fsp3) is 0.118. The molecule has 1 aromatic carbocycles. The molecule has 0 saturated heterocycles. The van der Waals surface area contributed by atoms with Gasteiger partial charge in [0.1, 0.15) is 0 Å². The van der Waals surface area contributed by atoms with Crippen molar-refractivity contribution < 1.29 is 32.7 Å². The maximum atomic E-state index is 13.4. The van der Waals surface area contributed by atoms with Crippen LogP contribution < -0.4 is 10.6 Å². The minimum absolute atomic E-state index is 0.0505. The summed E-state index contributed by atoms with van der Waals surface area (Å²) in [6.07, 6.45) is -3.69. The van der Waals surface area contributed by atoms with E-state index in [0.717, 1.165) is 12.1 Å². The molecule has 1 heterocycles. The standard InChI is InChI=1S/C17H13F3N2O4S/c1-9(16(25)26)6-10-2-3-12(17(18,19)20)13(14(10)21-8-23)15(24)22-11-4-5-27-7-11/h2-8H,1H3,(H,21,23)(H,22,24)(H,25,26)/b9-6+. The molecule has 2 aromatic rings. The minimum atomic E-state index is -4.87. The second kappa shape index (κ2) is 8.04. The zero-order chi connectivity index (χ0) is 20.2. The number of carbonyl (C=O) groups excluding carboxylic acids is 2. The summed E-state index contributed by atoms with van der Waals surface area (Å²) in [6, 6.07) is 3.16. The first kappa shape index (κ1) is 20.2. The number of nitrogens with one attached hydrogen (secondary N) is 2. The number of anilines is 2. The van der Waals surface area contributed by atoms with E-state index in [4.69, 9.17) is 5.11 Å². The van der Waals surface area contributed by atoms with Gasteiger partial charge in [-0.2, -0.15) is 24.5 Å². The minimum Gasteiger partial charge on any atom is -0.478 e. The van der Waals surface area contributed by atoms with E-state index in [2.05, 4.69) is 10.6 Å². The van der Waals surface area contributed by atoms with Crippen LogP contribution in [0, 0.1) is 0 Å². The zero-order valence-electron chi connectivity index (χ0n) is 13.8. The molecule has 0 spiro atoms. The van der Waals surface area contributed by atoms with Crippen molar-refractivity contribution in [2.24, 2.45) is 0 Å². The van der Waals surface area contributed by atoms with Crippen LogP contribution in [0.15, 0.2) is 34.5 Å². The molecular weight excluding hydrogens is 385 g/mol. The number of carbonyl (C=O) groups is 3. The number of aliphatic carboxylic acids is 1. The van der Waals surface area contributed by atoms with Gasteiger partial charge >= 0.3 is 12.1 Å². The van der Waals surface area contributed by atoms with Crippen LogP contribution in [0.3, 0.4) is 0 Å². The van der Waals surface area contributed by atoms with Crippen molar-refractivity contribution in [1.29, 1.82) is 0 Å². The Kier molecular flexibility index (Phi) is 6.01. The number of hydrogen-bond acceptors (Lipinski definition) is 4. The first-order valence-corrected chi connectivity index (χ1v) is 8.29. The van der Waals surface area contributed by atoms with Crippen LogP contribution in [0.25, 0.3) is 6.08 Å². The average Bonchev–Trinajstić information content (AvgIpc) is 3.07. The summed E-state index contributed by atoms with van der Waals surface area (Å²) in [6.45, 7) is 1.23. The van der Waals surface area contributed by atoms with Crippen molar-refractivity contribution in [3.8, 4) is 0 Å². The molecule has 142 valence electrons. The highest BCUT2D eigenvalue weighted by Gasteiger charge is 2.37. The Morgan fingerprint density at radius 3 is 2.44 bits per heavy atom. The summed E-state index contributed by atoms with van der Waals surface area (Å²) >= 11 is 1.23. The topological polar surface area (TPSA) is 95.5 Å². The van der Waals surface area contributed by atoms with Crippen molar-refractivity contribution in [3.63, 3.8) is 0 Å². The van der Waals surface area contributed by atoms with E-state index in [1.54, 1.807) is 5.38 Å². The van der Waals surface area contributed by atoms with Gasteiger partial charge in [0.15, 0.2) is 0 Å². The van der Waals surface area contributed by atoms with Gasteiger partial charge in [0.2, 0.25) is 6.41 Å². The van der Waals surface area contributed by atoms with E-state index >= 15 is 0 Å². The van der Waals surface area contributed by atoms with Gasteiger partial charge < -0.3 is 15.7 Å². The quantitative estimate of drug-likeness (QED) is 0.505. The van der Waals surface area contributed by atoms with Gasteiger partial charge in [-0.05, 0) is 36.1 Å². The highest BCUT2D eigenvalue weighted by molar-refractivity contribution is 7.08. The molecular formula is C17H13F3N2O4S. The zero-order valence-corrected chi connectivity index (χ0v) is 14.6. The number of amides is 2. The molecule has 0 aliphatic carbocycles. The Labute approximate surface area is 155 Å². The van der Waals surface area contributed by atoms with Crippen LogP contribution in [-0.2, 0) is 15.8 Å². The number of carboxylic acid groups (broad SMARTS) is 1. The fourth-order valence-electron chi connectivity index (χ4n) is 2.25. The van der Waals surface area contributed by atoms with Crippen molar-refractivity contribution in [1.82, 2.24) is 0 Å². The Hall–Kier alpha value is -3.14. The molecule has 0 bridgehead atoms. The van der Waals surface area contributed by atoms with Crippen LogP contribution in [0.5, 0.6) is 0 Å². The van der Waals surface area contributed by atoms with Gasteiger partial charge in [0, 0.05) is 11.0 Å². The number of halogens is 3. The number of rotatable bonds is 6. The normalized spacial score (nSPS) is 11.8. The van der Waals surface area contributed by atoms with Crippen molar-refractivity contribution in [3.05, 3.63) is 51.2 Å². The summed E-state index contributed by atoms with van der Waals surface area (Å²) in [5.74, 6) is -2.38. The van der Waals surface area contributed by atoms with E-state index in [0.29, 0.717) is 6.07 Å². The van der Waals surface area contributed by atoms with Gasteiger partial charge in [-0.3, -0.25) is 9.59 Å². The first-order chi connectivity index (χ1) is 12.6. The second-order valence-corrected chi connectivity index (χ2v) is 6.09. The highest BCUT2D eigenvalue weighted by atomic mass is 32.1. The Balaban J connectivity index is 2.70. The van der Waals surface area contributed by atoms with Gasteiger partial charge in [0.25, 0.3) is 5.91 Å². The van der Waals surface area contributed by atoms with E-state index < -0.39 is 34.9 Å². The van der Waals surface area contributed by atoms with Gasteiger partial charge in [-0.1, -0.05) is 6.07 Å². The molecule has 2 rings (SSSR count). The first-order valence-electron chi connectivity index (χ1n) is 7.34. The third kappa shape index (κ3) is 4.73. The van der Waals surface area contributed by atoms with Gasteiger partial charge in [-0.15, -0.1) is 0 Å². The lowest BCUT2D eigenvalue weighted by Gasteiger charge is -2.18. The largest absolute Gasteiger partial charge is 0.478 e. The highest BCUT2D eigenvalue weighted by Crippen LogP contribution is 2.38. The number of hydrogen-bond donors (Lipinski definition) is 3. The number of thiophene rings is 1. The second-order valence-electron chi connectivity index (χ2n) is 5.31. The van der Waals surface area contributed by atoms with E-state index in [1.165, 1.54) is 29.7 Å². The maximum Gasteiger partial charge on any atom is 0.417 e. The summed E-state index contributed by atoms with van der Waals surface area (Å²) in [4.78, 5) is 34.5. The number of carboxylic acids is 1. The van der Waals surface area contributed by atoms with E-state index in [-0.39, 0.29) is 23.2 Å². The van der Waals surface area contributed by atoms with Crippen LogP contribution in [-0.4, -0.2) is 23.4 Å². The van der Waals surface area contributed by atoms with Crippen LogP contribution in [0.4, 0.5) is 24.5 Å². The maximum absolute atomic E-state index is 13.4. The van der Waals surface area contributed by atoms with E-state index in [1.807, 2.05) is 0 Å². The van der Waals surface area contributed by atoms with Gasteiger partial charge in [0.05, 0.1) is 22.5 Å². The van der Waals surface area contributed by atoms with Crippen molar-refractivity contribution >= 4 is 47.1 Å². The molecule has 0 aliphatic heterocycles. The summed E-state index contributed by atoms with van der Waals surface area (Å²) in [5, 5.41) is 16.5. The van der Waals surface area contributed by atoms with E-state index in [9.17, 15) is 27.6 Å².